The minimum atomic E-state index is 0.729. The van der Waals surface area contributed by atoms with Crippen LogP contribution in [0.1, 0.15) is 24.0 Å². The molecule has 0 radical (unpaired) electrons. The summed E-state index contributed by atoms with van der Waals surface area (Å²) in [6, 6.07) is 5.80. The highest BCUT2D eigenvalue weighted by Crippen LogP contribution is 2.22. The van der Waals surface area contributed by atoms with Crippen molar-refractivity contribution in [1.82, 2.24) is 9.97 Å². The second-order valence-corrected chi connectivity index (χ2v) is 6.41. The van der Waals surface area contributed by atoms with Crippen LogP contribution in [-0.2, 0) is 13.0 Å². The highest BCUT2D eigenvalue weighted by Gasteiger charge is 2.03. The van der Waals surface area contributed by atoms with Gasteiger partial charge in [-0.05, 0) is 34.5 Å². The van der Waals surface area contributed by atoms with Crippen LogP contribution in [0.5, 0.6) is 0 Å². The summed E-state index contributed by atoms with van der Waals surface area (Å²) >= 11 is 10.9. The molecule has 2 rings (SSSR count). The standard InChI is InChI=1S/C12H13BrClN3S/c1-2-3-11-16-9(13)6-12(17-11)15-7-8-4-5-10(14)18-8/h4-6H,2-3,7H2,1H3,(H,15,16,17). The van der Waals surface area contributed by atoms with Crippen molar-refractivity contribution in [3.05, 3.63) is 37.8 Å². The van der Waals surface area contributed by atoms with E-state index in [9.17, 15) is 0 Å². The molecule has 1 N–H and O–H groups in total. The van der Waals surface area contributed by atoms with Gasteiger partial charge in [-0.25, -0.2) is 9.97 Å². The highest BCUT2D eigenvalue weighted by molar-refractivity contribution is 9.10. The number of rotatable bonds is 5. The summed E-state index contributed by atoms with van der Waals surface area (Å²) in [5.74, 6) is 1.70. The molecule has 0 atom stereocenters. The number of hydrogen-bond acceptors (Lipinski definition) is 4. The van der Waals surface area contributed by atoms with Crippen molar-refractivity contribution in [2.45, 2.75) is 26.3 Å². The lowest BCUT2D eigenvalue weighted by Gasteiger charge is -2.06. The van der Waals surface area contributed by atoms with Gasteiger partial charge in [-0.2, -0.15) is 0 Å². The maximum absolute atomic E-state index is 5.89. The summed E-state index contributed by atoms with van der Waals surface area (Å²) < 4.78 is 1.62. The van der Waals surface area contributed by atoms with Crippen LogP contribution in [0.25, 0.3) is 0 Å². The minimum Gasteiger partial charge on any atom is -0.365 e. The molecule has 0 aliphatic carbocycles. The zero-order valence-corrected chi connectivity index (χ0v) is 13.1. The van der Waals surface area contributed by atoms with Crippen LogP contribution in [0.3, 0.4) is 0 Å². The molecule has 0 fully saturated rings. The molecular formula is C12H13BrClN3S. The number of anilines is 1. The third-order valence-electron chi connectivity index (χ3n) is 2.29. The number of thiophene rings is 1. The van der Waals surface area contributed by atoms with Crippen LogP contribution >= 0.6 is 38.9 Å². The summed E-state index contributed by atoms with van der Waals surface area (Å²) in [7, 11) is 0. The number of aryl methyl sites for hydroxylation is 1. The van der Waals surface area contributed by atoms with E-state index >= 15 is 0 Å². The Balaban J connectivity index is 2.04. The Hall–Kier alpha value is -0.650. The Morgan fingerprint density at radius 2 is 2.22 bits per heavy atom. The average Bonchev–Trinajstić information content (AvgIpc) is 2.72. The number of aromatic nitrogens is 2. The third kappa shape index (κ3) is 3.93. The molecule has 0 spiro atoms. The van der Waals surface area contributed by atoms with E-state index in [1.165, 1.54) is 4.88 Å². The van der Waals surface area contributed by atoms with Gasteiger partial charge in [-0.15, -0.1) is 11.3 Å². The quantitative estimate of drug-likeness (QED) is 0.809. The van der Waals surface area contributed by atoms with Gasteiger partial charge in [0.05, 0.1) is 10.9 Å². The second-order valence-electron chi connectivity index (χ2n) is 3.80. The molecule has 0 bridgehead atoms. The summed E-state index contributed by atoms with van der Waals surface area (Å²) in [6.45, 7) is 2.84. The Kier molecular flexibility index (Phi) is 4.97. The molecule has 6 heteroatoms. The first kappa shape index (κ1) is 13.8. The van der Waals surface area contributed by atoms with Crippen LogP contribution in [-0.4, -0.2) is 9.97 Å². The van der Waals surface area contributed by atoms with Crippen molar-refractivity contribution in [3.63, 3.8) is 0 Å². The van der Waals surface area contributed by atoms with Crippen molar-refractivity contribution < 1.29 is 0 Å². The number of nitrogens with zero attached hydrogens (tertiary/aromatic N) is 2. The molecule has 0 saturated carbocycles. The Morgan fingerprint density at radius 1 is 1.39 bits per heavy atom. The van der Waals surface area contributed by atoms with Crippen molar-refractivity contribution in [2.24, 2.45) is 0 Å². The van der Waals surface area contributed by atoms with Gasteiger partial charge < -0.3 is 5.32 Å². The van der Waals surface area contributed by atoms with Crippen LogP contribution in [0.4, 0.5) is 5.82 Å². The first-order valence-electron chi connectivity index (χ1n) is 5.69. The lowest BCUT2D eigenvalue weighted by molar-refractivity contribution is 0.828. The summed E-state index contributed by atoms with van der Waals surface area (Å²) in [6.07, 6.45) is 1.93. The van der Waals surface area contributed by atoms with Crippen molar-refractivity contribution in [3.8, 4) is 0 Å². The topological polar surface area (TPSA) is 37.8 Å². The van der Waals surface area contributed by atoms with E-state index in [1.54, 1.807) is 11.3 Å². The highest BCUT2D eigenvalue weighted by atomic mass is 79.9. The van der Waals surface area contributed by atoms with E-state index in [1.807, 2.05) is 18.2 Å². The molecule has 2 aromatic rings. The van der Waals surface area contributed by atoms with Gasteiger partial charge in [0.25, 0.3) is 0 Å². The monoisotopic (exact) mass is 345 g/mol. The van der Waals surface area contributed by atoms with Gasteiger partial charge in [0.15, 0.2) is 0 Å². The van der Waals surface area contributed by atoms with Gasteiger partial charge in [0.2, 0.25) is 0 Å². The van der Waals surface area contributed by atoms with Gasteiger partial charge in [-0.3, -0.25) is 0 Å². The molecule has 0 amide bonds. The molecule has 2 heterocycles. The van der Waals surface area contributed by atoms with Crippen molar-refractivity contribution in [1.29, 1.82) is 0 Å². The van der Waals surface area contributed by atoms with Crippen molar-refractivity contribution in [2.75, 3.05) is 5.32 Å². The maximum atomic E-state index is 5.89. The van der Waals surface area contributed by atoms with Crippen LogP contribution in [0.15, 0.2) is 22.8 Å². The average molecular weight is 347 g/mol. The fourth-order valence-electron chi connectivity index (χ4n) is 1.52. The summed E-state index contributed by atoms with van der Waals surface area (Å²) in [5, 5.41) is 3.28. The number of halogens is 2. The SMILES string of the molecule is CCCc1nc(Br)cc(NCc2ccc(Cl)s2)n1. The summed E-state index contributed by atoms with van der Waals surface area (Å²) in [5.41, 5.74) is 0. The molecule has 0 aromatic carbocycles. The molecular weight excluding hydrogens is 334 g/mol. The van der Waals surface area contributed by atoms with Crippen LogP contribution in [0, 0.1) is 0 Å². The van der Waals surface area contributed by atoms with Gasteiger partial charge in [0.1, 0.15) is 16.2 Å². The third-order valence-corrected chi connectivity index (χ3v) is 3.92. The van der Waals surface area contributed by atoms with E-state index in [-0.39, 0.29) is 0 Å². The summed E-state index contributed by atoms with van der Waals surface area (Å²) in [4.78, 5) is 9.98. The molecule has 2 aromatic heterocycles. The van der Waals surface area contributed by atoms with Gasteiger partial charge in [-0.1, -0.05) is 18.5 Å². The fourth-order valence-corrected chi connectivity index (χ4v) is 2.96. The molecule has 0 saturated heterocycles. The lowest BCUT2D eigenvalue weighted by atomic mass is 10.3. The molecule has 0 aliphatic heterocycles. The van der Waals surface area contributed by atoms with Crippen LogP contribution < -0.4 is 5.32 Å². The van der Waals surface area contributed by atoms with E-state index in [0.29, 0.717) is 0 Å². The largest absolute Gasteiger partial charge is 0.365 e. The zero-order chi connectivity index (χ0) is 13.0. The van der Waals surface area contributed by atoms with Gasteiger partial charge >= 0.3 is 0 Å². The van der Waals surface area contributed by atoms with E-state index in [2.05, 4.69) is 38.1 Å². The lowest BCUT2D eigenvalue weighted by Crippen LogP contribution is -2.03. The van der Waals surface area contributed by atoms with Crippen molar-refractivity contribution >= 4 is 44.7 Å². The molecule has 18 heavy (non-hydrogen) atoms. The maximum Gasteiger partial charge on any atom is 0.132 e. The Labute approximate surface area is 124 Å². The van der Waals surface area contributed by atoms with Crippen LogP contribution in [0.2, 0.25) is 4.34 Å². The normalized spacial score (nSPS) is 10.6. The smallest absolute Gasteiger partial charge is 0.132 e. The molecule has 0 aliphatic rings. The first-order valence-corrected chi connectivity index (χ1v) is 7.67. The van der Waals surface area contributed by atoms with E-state index < -0.39 is 0 Å². The van der Waals surface area contributed by atoms with E-state index in [4.69, 9.17) is 11.6 Å². The Bertz CT molecular complexity index is 530. The minimum absolute atomic E-state index is 0.729. The number of hydrogen-bond donors (Lipinski definition) is 1. The predicted molar refractivity (Wildman–Crippen MR) is 80.4 cm³/mol. The second kappa shape index (κ2) is 6.50. The molecule has 96 valence electrons. The predicted octanol–water partition coefficient (Wildman–Crippen LogP) is 4.52. The fraction of sp³-hybridized carbons (Fsp3) is 0.333. The first-order chi connectivity index (χ1) is 8.67. The Morgan fingerprint density at radius 3 is 2.89 bits per heavy atom. The molecule has 3 nitrogen and oxygen atoms in total. The number of nitrogens with one attached hydrogen (secondary N) is 1. The molecule has 0 unspecified atom stereocenters. The van der Waals surface area contributed by atoms with Gasteiger partial charge in [0, 0.05) is 17.4 Å². The van der Waals surface area contributed by atoms with E-state index in [0.717, 1.165) is 40.0 Å². The zero-order valence-electron chi connectivity index (χ0n) is 9.91.